The molecular formula is C9H8O. The first-order valence-corrected chi connectivity index (χ1v) is 3.50. The Morgan fingerprint density at radius 3 is 3.10 bits per heavy atom. The summed E-state index contributed by atoms with van der Waals surface area (Å²) in [6.45, 7) is 0.852. The molecule has 0 bridgehead atoms. The Labute approximate surface area is 60.6 Å². The zero-order valence-electron chi connectivity index (χ0n) is 5.68. The zero-order chi connectivity index (χ0) is 6.81. The Morgan fingerprint density at radius 1 is 1.30 bits per heavy atom. The lowest BCUT2D eigenvalue weighted by Gasteiger charge is -2.14. The zero-order valence-corrected chi connectivity index (χ0v) is 5.68. The smallest absolute Gasteiger partial charge is 0.131 e. The topological polar surface area (TPSA) is 9.23 Å². The third kappa shape index (κ3) is 0.823. The van der Waals surface area contributed by atoms with Crippen LogP contribution in [0.5, 0.6) is 5.75 Å². The van der Waals surface area contributed by atoms with Crippen molar-refractivity contribution < 1.29 is 4.74 Å². The van der Waals surface area contributed by atoms with Crippen LogP contribution in [0.1, 0.15) is 12.0 Å². The van der Waals surface area contributed by atoms with Crippen LogP contribution in [0.4, 0.5) is 0 Å². The van der Waals surface area contributed by atoms with Gasteiger partial charge in [0.15, 0.2) is 0 Å². The van der Waals surface area contributed by atoms with Crippen molar-refractivity contribution in [2.24, 2.45) is 0 Å². The van der Waals surface area contributed by atoms with Gasteiger partial charge >= 0.3 is 0 Å². The van der Waals surface area contributed by atoms with Crippen molar-refractivity contribution in [1.82, 2.24) is 0 Å². The second kappa shape index (κ2) is 2.22. The lowest BCUT2D eigenvalue weighted by molar-refractivity contribution is 0.288. The molecule has 0 saturated carbocycles. The molecule has 1 aromatic carbocycles. The van der Waals surface area contributed by atoms with Crippen molar-refractivity contribution in [2.45, 2.75) is 12.8 Å². The summed E-state index contributed by atoms with van der Waals surface area (Å²) in [6, 6.07) is 9.59. The highest BCUT2D eigenvalue weighted by atomic mass is 16.5. The predicted molar refractivity (Wildman–Crippen MR) is 37.9 cm³/mol. The van der Waals surface area contributed by atoms with Gasteiger partial charge in [0.2, 0.25) is 0 Å². The highest BCUT2D eigenvalue weighted by molar-refractivity contribution is 5.31. The fourth-order valence-corrected chi connectivity index (χ4v) is 1.17. The third-order valence-electron chi connectivity index (χ3n) is 1.70. The van der Waals surface area contributed by atoms with E-state index < -0.39 is 0 Å². The lowest BCUT2D eigenvalue weighted by Crippen LogP contribution is -2.07. The number of hydrogen-bond acceptors (Lipinski definition) is 1. The molecule has 0 atom stereocenters. The van der Waals surface area contributed by atoms with Crippen molar-refractivity contribution in [3.8, 4) is 5.75 Å². The van der Waals surface area contributed by atoms with Gasteiger partial charge in [-0.25, -0.2) is 0 Å². The van der Waals surface area contributed by atoms with Gasteiger partial charge in [-0.1, -0.05) is 12.1 Å². The van der Waals surface area contributed by atoms with E-state index in [9.17, 15) is 0 Å². The minimum Gasteiger partial charge on any atom is -0.493 e. The van der Waals surface area contributed by atoms with Gasteiger partial charge in [0.25, 0.3) is 0 Å². The fraction of sp³-hybridized carbons (Fsp3) is 0.333. The number of ether oxygens (including phenoxy) is 1. The van der Waals surface area contributed by atoms with Gasteiger partial charge in [-0.15, -0.1) is 0 Å². The fourth-order valence-electron chi connectivity index (χ4n) is 1.17. The van der Waals surface area contributed by atoms with E-state index >= 15 is 0 Å². The van der Waals surface area contributed by atoms with Crippen LogP contribution in [0.3, 0.4) is 0 Å². The summed E-state index contributed by atoms with van der Waals surface area (Å²) in [5, 5.41) is 0. The molecular weight excluding hydrogens is 124 g/mol. The van der Waals surface area contributed by atoms with Crippen LogP contribution in [-0.2, 0) is 6.42 Å². The Bertz CT molecular complexity index is 205. The van der Waals surface area contributed by atoms with Crippen LogP contribution >= 0.6 is 0 Å². The second-order valence-corrected chi connectivity index (χ2v) is 2.42. The van der Waals surface area contributed by atoms with Gasteiger partial charge in [-0.05, 0) is 18.9 Å². The summed E-state index contributed by atoms with van der Waals surface area (Å²) in [5.74, 6) is 0.991. The van der Waals surface area contributed by atoms with Crippen LogP contribution in [0.2, 0.25) is 0 Å². The lowest BCUT2D eigenvalue weighted by atomic mass is 10.1. The monoisotopic (exact) mass is 132 g/mol. The first-order chi connectivity index (χ1) is 4.97. The van der Waals surface area contributed by atoms with Gasteiger partial charge in [0.05, 0.1) is 6.61 Å². The predicted octanol–water partition coefficient (Wildman–Crippen LogP) is 1.61. The van der Waals surface area contributed by atoms with E-state index in [1.807, 2.05) is 12.1 Å². The quantitative estimate of drug-likeness (QED) is 0.521. The van der Waals surface area contributed by atoms with E-state index in [4.69, 9.17) is 4.74 Å². The van der Waals surface area contributed by atoms with E-state index in [1.165, 1.54) is 5.56 Å². The molecule has 0 amide bonds. The van der Waals surface area contributed by atoms with E-state index in [2.05, 4.69) is 12.1 Å². The van der Waals surface area contributed by atoms with Gasteiger partial charge in [-0.3, -0.25) is 0 Å². The van der Waals surface area contributed by atoms with E-state index in [-0.39, 0.29) is 0 Å². The first-order valence-electron chi connectivity index (χ1n) is 3.50. The van der Waals surface area contributed by atoms with E-state index in [0.29, 0.717) is 0 Å². The molecule has 0 saturated heterocycles. The first kappa shape index (κ1) is 5.61. The number of aryl methyl sites for hydroxylation is 1. The van der Waals surface area contributed by atoms with Crippen molar-refractivity contribution >= 4 is 0 Å². The molecule has 0 radical (unpaired) electrons. The maximum atomic E-state index is 5.37. The number of hydrogen-bond donors (Lipinski definition) is 0. The molecule has 1 heterocycles. The molecule has 1 nitrogen and oxygen atoms in total. The van der Waals surface area contributed by atoms with Crippen LogP contribution < -0.4 is 4.74 Å². The molecule has 0 aliphatic carbocycles. The molecule has 0 spiro atoms. The average Bonchev–Trinajstić information content (AvgIpc) is 2.05. The van der Waals surface area contributed by atoms with Crippen molar-refractivity contribution in [2.75, 3.05) is 6.61 Å². The molecule has 1 aliphatic heterocycles. The summed E-state index contributed by atoms with van der Waals surface area (Å²) in [7, 11) is 0. The van der Waals surface area contributed by atoms with Crippen LogP contribution in [0, 0.1) is 12.1 Å². The Morgan fingerprint density at radius 2 is 2.20 bits per heavy atom. The normalized spacial score (nSPS) is 14.8. The van der Waals surface area contributed by atoms with Crippen molar-refractivity contribution in [1.29, 1.82) is 0 Å². The Balaban J connectivity index is 2.41. The molecule has 10 heavy (non-hydrogen) atoms. The van der Waals surface area contributed by atoms with Gasteiger partial charge in [0, 0.05) is 11.6 Å². The molecule has 0 unspecified atom stereocenters. The molecule has 50 valence electrons. The summed E-state index contributed by atoms with van der Waals surface area (Å²) in [5.41, 5.74) is 1.27. The average molecular weight is 132 g/mol. The summed E-state index contributed by atoms with van der Waals surface area (Å²) >= 11 is 0. The highest BCUT2D eigenvalue weighted by Crippen LogP contribution is 2.21. The number of rotatable bonds is 0. The minimum atomic E-state index is 0.852. The Hall–Kier alpha value is -1.16. The van der Waals surface area contributed by atoms with Gasteiger partial charge in [0.1, 0.15) is 5.75 Å². The molecule has 1 aliphatic rings. The summed E-state index contributed by atoms with van der Waals surface area (Å²) < 4.78 is 5.37. The number of fused-ring (bicyclic) bond motifs is 1. The molecule has 0 fully saturated rings. The van der Waals surface area contributed by atoms with Crippen molar-refractivity contribution in [3.63, 3.8) is 0 Å². The SMILES string of the molecule is c1cc2c(cc#1)OCCC2. The van der Waals surface area contributed by atoms with Gasteiger partial charge in [-0.2, -0.15) is 0 Å². The van der Waals surface area contributed by atoms with Crippen LogP contribution in [-0.4, -0.2) is 6.61 Å². The van der Waals surface area contributed by atoms with E-state index in [1.54, 1.807) is 0 Å². The largest absolute Gasteiger partial charge is 0.493 e. The molecule has 1 heteroatoms. The third-order valence-corrected chi connectivity index (χ3v) is 1.70. The van der Waals surface area contributed by atoms with E-state index in [0.717, 1.165) is 25.2 Å². The molecule has 1 aromatic rings. The second-order valence-electron chi connectivity index (χ2n) is 2.42. The van der Waals surface area contributed by atoms with Crippen LogP contribution in [0.25, 0.3) is 0 Å². The molecule has 2 rings (SSSR count). The summed E-state index contributed by atoms with van der Waals surface area (Å²) in [6.07, 6.45) is 2.26. The summed E-state index contributed by atoms with van der Waals surface area (Å²) in [4.78, 5) is 0. The molecule has 0 N–H and O–H groups in total. The van der Waals surface area contributed by atoms with Crippen LogP contribution in [0.15, 0.2) is 12.1 Å². The maximum absolute atomic E-state index is 5.37. The minimum absolute atomic E-state index is 0.852. The Kier molecular flexibility index (Phi) is 1.25. The van der Waals surface area contributed by atoms with Crippen molar-refractivity contribution in [3.05, 3.63) is 29.8 Å². The van der Waals surface area contributed by atoms with Gasteiger partial charge < -0.3 is 4.74 Å². The standard InChI is InChI=1S/C9H8O/c1-2-6-9-8(4-1)5-3-7-10-9/h4,6H,3,5,7H2. The molecule has 0 aromatic heterocycles. The highest BCUT2D eigenvalue weighted by Gasteiger charge is 2.06. The maximum Gasteiger partial charge on any atom is 0.131 e.